The van der Waals surface area contributed by atoms with Crippen LogP contribution in [0.4, 0.5) is 0 Å². The molecule has 0 aromatic heterocycles. The molecule has 1 aromatic rings. The van der Waals surface area contributed by atoms with Crippen LogP contribution in [0.3, 0.4) is 0 Å². The van der Waals surface area contributed by atoms with Crippen molar-refractivity contribution in [1.29, 1.82) is 5.26 Å². The van der Waals surface area contributed by atoms with Gasteiger partial charge in [-0.3, -0.25) is 4.79 Å². The van der Waals surface area contributed by atoms with Crippen LogP contribution in [0.15, 0.2) is 18.2 Å². The van der Waals surface area contributed by atoms with E-state index in [-0.39, 0.29) is 0 Å². The summed E-state index contributed by atoms with van der Waals surface area (Å²) in [5.41, 5.74) is 0.0784. The van der Waals surface area contributed by atoms with Gasteiger partial charge in [0.2, 0.25) is 6.41 Å². The summed E-state index contributed by atoms with van der Waals surface area (Å²) in [5.74, 6) is 0.711. The molecule has 1 saturated carbocycles. The number of fused-ring (bicyclic) bond motifs is 3. The summed E-state index contributed by atoms with van der Waals surface area (Å²) < 4.78 is 5.23. The van der Waals surface area contributed by atoms with Crippen LogP contribution in [0.5, 0.6) is 5.75 Å². The molecule has 0 aliphatic heterocycles. The first-order chi connectivity index (χ1) is 10.1. The van der Waals surface area contributed by atoms with Crippen LogP contribution < -0.4 is 10.1 Å². The minimum absolute atomic E-state index is 0.413. The molecule has 110 valence electrons. The lowest BCUT2D eigenvalue weighted by atomic mass is 9.59. The standard InChI is InChI=1S/C16H18N2O3/c1-21-12-3-4-13-11(7-12)8-14(20)16(18-10-19)6-2-5-15(13,16)9-17/h3-4,7,10,14,20H,2,5-6,8H2,1H3,(H,18,19). The molecule has 5 nitrogen and oxygen atoms in total. The second kappa shape index (κ2) is 4.74. The van der Waals surface area contributed by atoms with Crippen molar-refractivity contribution in [2.45, 2.75) is 42.7 Å². The number of hydrogen-bond donors (Lipinski definition) is 2. The maximum Gasteiger partial charge on any atom is 0.207 e. The number of aliphatic hydroxyl groups is 1. The topological polar surface area (TPSA) is 82.3 Å². The third-order valence-electron chi connectivity index (χ3n) is 5.15. The maximum absolute atomic E-state index is 11.1. The van der Waals surface area contributed by atoms with Gasteiger partial charge in [-0.15, -0.1) is 0 Å². The second-order valence-electron chi connectivity index (χ2n) is 5.85. The maximum atomic E-state index is 11.1. The van der Waals surface area contributed by atoms with E-state index in [1.54, 1.807) is 7.11 Å². The minimum atomic E-state index is -0.884. The monoisotopic (exact) mass is 286 g/mol. The zero-order chi connectivity index (χ0) is 15.1. The summed E-state index contributed by atoms with van der Waals surface area (Å²) >= 11 is 0. The highest BCUT2D eigenvalue weighted by Gasteiger charge is 2.63. The van der Waals surface area contributed by atoms with Crippen molar-refractivity contribution in [3.05, 3.63) is 29.3 Å². The van der Waals surface area contributed by atoms with Gasteiger partial charge in [0, 0.05) is 6.42 Å². The Balaban J connectivity index is 2.23. The van der Waals surface area contributed by atoms with Gasteiger partial charge < -0.3 is 15.2 Å². The molecular weight excluding hydrogens is 268 g/mol. The van der Waals surface area contributed by atoms with Gasteiger partial charge in [0.15, 0.2) is 0 Å². The number of ether oxygens (including phenoxy) is 1. The summed E-state index contributed by atoms with van der Waals surface area (Å²) in [6.45, 7) is 0. The molecule has 2 aliphatic carbocycles. The third kappa shape index (κ3) is 1.63. The van der Waals surface area contributed by atoms with E-state index < -0.39 is 17.1 Å². The molecule has 2 N–H and O–H groups in total. The van der Waals surface area contributed by atoms with Gasteiger partial charge in [-0.05, 0) is 42.5 Å². The smallest absolute Gasteiger partial charge is 0.207 e. The van der Waals surface area contributed by atoms with Crippen LogP contribution in [-0.2, 0) is 16.6 Å². The summed E-state index contributed by atoms with van der Waals surface area (Å²) in [7, 11) is 1.59. The SMILES string of the molecule is COc1ccc2c(c1)CC(O)C1(NC=O)CCCC21C#N. The number of benzene rings is 1. The van der Waals surface area contributed by atoms with Crippen LogP contribution in [0.1, 0.15) is 30.4 Å². The molecule has 0 heterocycles. The number of methoxy groups -OCH3 is 1. The Kier molecular flexibility index (Phi) is 3.14. The van der Waals surface area contributed by atoms with Gasteiger partial charge in [0.1, 0.15) is 11.2 Å². The van der Waals surface area contributed by atoms with Gasteiger partial charge in [-0.25, -0.2) is 0 Å². The zero-order valence-electron chi connectivity index (χ0n) is 11.9. The number of nitriles is 1. The van der Waals surface area contributed by atoms with E-state index in [4.69, 9.17) is 4.74 Å². The van der Waals surface area contributed by atoms with Gasteiger partial charge in [0.25, 0.3) is 0 Å². The molecule has 1 amide bonds. The molecular formula is C16H18N2O3. The summed E-state index contributed by atoms with van der Waals surface area (Å²) in [4.78, 5) is 11.1. The Morgan fingerprint density at radius 1 is 1.52 bits per heavy atom. The van der Waals surface area contributed by atoms with Crippen molar-refractivity contribution >= 4 is 6.41 Å². The van der Waals surface area contributed by atoms with Crippen LogP contribution in [-0.4, -0.2) is 30.3 Å². The number of carbonyl (C=O) groups excluding carboxylic acids is 1. The minimum Gasteiger partial charge on any atom is -0.497 e. The second-order valence-corrected chi connectivity index (χ2v) is 5.85. The van der Waals surface area contributed by atoms with E-state index in [1.807, 2.05) is 18.2 Å². The molecule has 5 heteroatoms. The van der Waals surface area contributed by atoms with Crippen LogP contribution in [0.2, 0.25) is 0 Å². The van der Waals surface area contributed by atoms with E-state index in [0.717, 1.165) is 17.5 Å². The Labute approximate surface area is 123 Å². The molecule has 0 saturated heterocycles. The molecule has 0 spiro atoms. The molecule has 2 aliphatic rings. The van der Waals surface area contributed by atoms with Crippen LogP contribution >= 0.6 is 0 Å². The van der Waals surface area contributed by atoms with E-state index in [2.05, 4.69) is 11.4 Å². The molecule has 3 rings (SSSR count). The average Bonchev–Trinajstić information content (AvgIpc) is 2.88. The molecule has 3 atom stereocenters. The first kappa shape index (κ1) is 13.9. The highest BCUT2D eigenvalue weighted by Crippen LogP contribution is 2.54. The van der Waals surface area contributed by atoms with E-state index in [9.17, 15) is 15.2 Å². The predicted octanol–water partition coefficient (Wildman–Crippen LogP) is 1.04. The molecule has 1 aromatic carbocycles. The van der Waals surface area contributed by atoms with E-state index in [0.29, 0.717) is 31.4 Å². The highest BCUT2D eigenvalue weighted by molar-refractivity contribution is 5.57. The third-order valence-corrected chi connectivity index (χ3v) is 5.15. The number of hydrogen-bond acceptors (Lipinski definition) is 4. The fraction of sp³-hybridized carbons (Fsp3) is 0.500. The molecule has 0 radical (unpaired) electrons. The average molecular weight is 286 g/mol. The van der Waals surface area contributed by atoms with Crippen molar-refractivity contribution in [3.63, 3.8) is 0 Å². The van der Waals surface area contributed by atoms with E-state index in [1.165, 1.54) is 0 Å². The van der Waals surface area contributed by atoms with Gasteiger partial charge in [-0.2, -0.15) is 5.26 Å². The number of rotatable bonds is 3. The van der Waals surface area contributed by atoms with Crippen molar-refractivity contribution in [1.82, 2.24) is 5.32 Å². The number of nitrogens with one attached hydrogen (secondary N) is 1. The van der Waals surface area contributed by atoms with Gasteiger partial charge in [-0.1, -0.05) is 6.07 Å². The lowest BCUT2D eigenvalue weighted by molar-refractivity contribution is -0.114. The van der Waals surface area contributed by atoms with Crippen molar-refractivity contribution in [3.8, 4) is 11.8 Å². The Morgan fingerprint density at radius 2 is 2.33 bits per heavy atom. The summed E-state index contributed by atoms with van der Waals surface area (Å²) in [5, 5.41) is 23.3. The molecule has 3 unspecified atom stereocenters. The lowest BCUT2D eigenvalue weighted by Crippen LogP contribution is -2.66. The highest BCUT2D eigenvalue weighted by atomic mass is 16.5. The Hall–Kier alpha value is -2.06. The summed E-state index contributed by atoms with van der Waals surface area (Å²) in [6.07, 6.45) is 2.31. The Bertz CT molecular complexity index is 624. The summed E-state index contributed by atoms with van der Waals surface area (Å²) in [6, 6.07) is 8.01. The largest absolute Gasteiger partial charge is 0.497 e. The molecule has 0 bridgehead atoms. The van der Waals surface area contributed by atoms with Gasteiger partial charge in [0.05, 0.1) is 24.8 Å². The van der Waals surface area contributed by atoms with E-state index >= 15 is 0 Å². The molecule has 21 heavy (non-hydrogen) atoms. The normalized spacial score (nSPS) is 33.5. The number of aliphatic hydroxyl groups excluding tert-OH is 1. The predicted molar refractivity (Wildman–Crippen MR) is 75.8 cm³/mol. The molecule has 1 fully saturated rings. The fourth-order valence-electron chi connectivity index (χ4n) is 4.17. The first-order valence-corrected chi connectivity index (χ1v) is 7.11. The van der Waals surface area contributed by atoms with Crippen LogP contribution in [0, 0.1) is 11.3 Å². The number of carbonyl (C=O) groups is 1. The Morgan fingerprint density at radius 3 is 3.00 bits per heavy atom. The number of amides is 1. The van der Waals surface area contributed by atoms with Crippen molar-refractivity contribution in [2.75, 3.05) is 7.11 Å². The number of nitrogens with zero attached hydrogens (tertiary/aromatic N) is 1. The quantitative estimate of drug-likeness (QED) is 0.813. The van der Waals surface area contributed by atoms with Gasteiger partial charge >= 0.3 is 0 Å². The van der Waals surface area contributed by atoms with Crippen molar-refractivity contribution < 1.29 is 14.6 Å². The first-order valence-electron chi connectivity index (χ1n) is 7.11. The fourth-order valence-corrected chi connectivity index (χ4v) is 4.17. The van der Waals surface area contributed by atoms with Crippen LogP contribution in [0.25, 0.3) is 0 Å². The lowest BCUT2D eigenvalue weighted by Gasteiger charge is -2.49. The van der Waals surface area contributed by atoms with Crippen molar-refractivity contribution in [2.24, 2.45) is 0 Å². The zero-order valence-corrected chi connectivity index (χ0v) is 11.9.